The largest absolute Gasteiger partial charge is 0.299 e. The molecular formula is C13H24O. The first kappa shape index (κ1) is 13.4. The van der Waals surface area contributed by atoms with Crippen molar-refractivity contribution in [3.05, 3.63) is 12.2 Å². The third-order valence-corrected chi connectivity index (χ3v) is 2.27. The van der Waals surface area contributed by atoms with Crippen LogP contribution in [-0.2, 0) is 4.79 Å². The SMILES string of the molecule is CCCCCC/C=C/CC(=O)CCC. The molecule has 82 valence electrons. The summed E-state index contributed by atoms with van der Waals surface area (Å²) in [4.78, 5) is 11.1. The molecule has 0 aliphatic carbocycles. The van der Waals surface area contributed by atoms with Crippen molar-refractivity contribution < 1.29 is 4.79 Å². The van der Waals surface area contributed by atoms with Crippen molar-refractivity contribution in [3.8, 4) is 0 Å². The van der Waals surface area contributed by atoms with Gasteiger partial charge in [-0.25, -0.2) is 0 Å². The molecule has 0 N–H and O–H groups in total. The van der Waals surface area contributed by atoms with E-state index in [0.717, 1.165) is 19.3 Å². The van der Waals surface area contributed by atoms with Crippen LogP contribution in [0.25, 0.3) is 0 Å². The fraction of sp³-hybridized carbons (Fsp3) is 0.769. The molecule has 0 bridgehead atoms. The van der Waals surface area contributed by atoms with Crippen molar-refractivity contribution in [3.63, 3.8) is 0 Å². The molecule has 0 rings (SSSR count). The number of Topliss-reactive ketones (excluding diaryl/α,β-unsaturated/α-hetero) is 1. The first-order valence-corrected chi connectivity index (χ1v) is 5.98. The molecule has 0 atom stereocenters. The van der Waals surface area contributed by atoms with Crippen molar-refractivity contribution in [2.45, 2.75) is 65.2 Å². The number of carbonyl (C=O) groups excluding carboxylic acids is 1. The Morgan fingerprint density at radius 3 is 2.43 bits per heavy atom. The molecule has 0 fully saturated rings. The molecule has 0 saturated heterocycles. The van der Waals surface area contributed by atoms with Gasteiger partial charge < -0.3 is 0 Å². The maximum Gasteiger partial charge on any atom is 0.136 e. The molecular weight excluding hydrogens is 172 g/mol. The van der Waals surface area contributed by atoms with Crippen LogP contribution in [0.4, 0.5) is 0 Å². The van der Waals surface area contributed by atoms with E-state index in [1.165, 1.54) is 25.7 Å². The lowest BCUT2D eigenvalue weighted by Gasteiger charge is -1.94. The standard InChI is InChI=1S/C13H24O/c1-3-5-6-7-8-9-10-12-13(14)11-4-2/h9-10H,3-8,11-12H2,1-2H3/b10-9+. The molecule has 0 saturated carbocycles. The highest BCUT2D eigenvalue weighted by atomic mass is 16.1. The third-order valence-electron chi connectivity index (χ3n) is 2.27. The highest BCUT2D eigenvalue weighted by Gasteiger charge is 1.94. The predicted octanol–water partition coefficient (Wildman–Crippen LogP) is 4.27. The van der Waals surface area contributed by atoms with Gasteiger partial charge in [-0.05, 0) is 19.3 Å². The Hall–Kier alpha value is -0.590. The summed E-state index contributed by atoms with van der Waals surface area (Å²) >= 11 is 0. The van der Waals surface area contributed by atoms with Gasteiger partial charge >= 0.3 is 0 Å². The molecule has 0 aliphatic heterocycles. The molecule has 0 aromatic rings. The van der Waals surface area contributed by atoms with E-state index in [-0.39, 0.29) is 0 Å². The van der Waals surface area contributed by atoms with E-state index in [1.807, 2.05) is 13.0 Å². The van der Waals surface area contributed by atoms with Gasteiger partial charge in [-0.2, -0.15) is 0 Å². The zero-order valence-corrected chi connectivity index (χ0v) is 9.72. The number of carbonyl (C=O) groups is 1. The molecule has 1 nitrogen and oxygen atoms in total. The van der Waals surface area contributed by atoms with Crippen LogP contribution in [0.1, 0.15) is 65.2 Å². The van der Waals surface area contributed by atoms with Crippen molar-refractivity contribution in [2.75, 3.05) is 0 Å². The van der Waals surface area contributed by atoms with Gasteiger partial charge in [0, 0.05) is 12.8 Å². The number of hydrogen-bond acceptors (Lipinski definition) is 1. The van der Waals surface area contributed by atoms with Gasteiger partial charge in [-0.3, -0.25) is 4.79 Å². The Morgan fingerprint density at radius 1 is 1.00 bits per heavy atom. The van der Waals surface area contributed by atoms with Crippen LogP contribution in [-0.4, -0.2) is 5.78 Å². The lowest BCUT2D eigenvalue weighted by Crippen LogP contribution is -1.93. The molecule has 0 aromatic carbocycles. The number of ketones is 1. The van der Waals surface area contributed by atoms with E-state index < -0.39 is 0 Å². The highest BCUT2D eigenvalue weighted by molar-refractivity contribution is 5.79. The Bertz CT molecular complexity index is 159. The molecule has 0 amide bonds. The van der Waals surface area contributed by atoms with Crippen molar-refractivity contribution in [2.24, 2.45) is 0 Å². The molecule has 0 radical (unpaired) electrons. The lowest BCUT2D eigenvalue weighted by molar-refractivity contribution is -0.118. The lowest BCUT2D eigenvalue weighted by atomic mass is 10.1. The fourth-order valence-electron chi connectivity index (χ4n) is 1.40. The number of unbranched alkanes of at least 4 members (excludes halogenated alkanes) is 4. The maximum atomic E-state index is 11.1. The summed E-state index contributed by atoms with van der Waals surface area (Å²) in [7, 11) is 0. The van der Waals surface area contributed by atoms with Crippen LogP contribution in [0.2, 0.25) is 0 Å². The second-order valence-corrected chi connectivity index (χ2v) is 3.81. The van der Waals surface area contributed by atoms with Crippen molar-refractivity contribution >= 4 is 5.78 Å². The summed E-state index contributed by atoms with van der Waals surface area (Å²) < 4.78 is 0. The zero-order chi connectivity index (χ0) is 10.6. The molecule has 0 spiro atoms. The quantitative estimate of drug-likeness (QED) is 0.397. The van der Waals surface area contributed by atoms with E-state index in [1.54, 1.807) is 0 Å². The number of allylic oxidation sites excluding steroid dienone is 2. The second-order valence-electron chi connectivity index (χ2n) is 3.81. The second kappa shape index (κ2) is 10.5. The zero-order valence-electron chi connectivity index (χ0n) is 9.72. The fourth-order valence-corrected chi connectivity index (χ4v) is 1.40. The molecule has 0 aromatic heterocycles. The van der Waals surface area contributed by atoms with E-state index in [2.05, 4.69) is 13.0 Å². The summed E-state index contributed by atoms with van der Waals surface area (Å²) in [6, 6.07) is 0. The Morgan fingerprint density at radius 2 is 1.79 bits per heavy atom. The monoisotopic (exact) mass is 196 g/mol. The van der Waals surface area contributed by atoms with Crippen LogP contribution < -0.4 is 0 Å². The molecule has 0 unspecified atom stereocenters. The number of rotatable bonds is 9. The summed E-state index contributed by atoms with van der Waals surface area (Å²) in [5.41, 5.74) is 0. The summed E-state index contributed by atoms with van der Waals surface area (Å²) in [5, 5.41) is 0. The normalized spacial score (nSPS) is 11.0. The van der Waals surface area contributed by atoms with E-state index in [9.17, 15) is 4.79 Å². The van der Waals surface area contributed by atoms with Gasteiger partial charge in [0.2, 0.25) is 0 Å². The Labute approximate surface area is 88.6 Å². The van der Waals surface area contributed by atoms with Gasteiger partial charge in [0.25, 0.3) is 0 Å². The van der Waals surface area contributed by atoms with E-state index >= 15 is 0 Å². The minimum absolute atomic E-state index is 0.373. The minimum atomic E-state index is 0.373. The van der Waals surface area contributed by atoms with Crippen LogP contribution in [0.3, 0.4) is 0 Å². The van der Waals surface area contributed by atoms with Crippen LogP contribution >= 0.6 is 0 Å². The van der Waals surface area contributed by atoms with Gasteiger partial charge in [0.05, 0.1) is 0 Å². The first-order chi connectivity index (χ1) is 6.81. The average molecular weight is 196 g/mol. The Balaban J connectivity index is 3.22. The first-order valence-electron chi connectivity index (χ1n) is 5.98. The van der Waals surface area contributed by atoms with Gasteiger partial charge in [-0.15, -0.1) is 0 Å². The smallest absolute Gasteiger partial charge is 0.136 e. The molecule has 1 heteroatoms. The molecule has 14 heavy (non-hydrogen) atoms. The van der Waals surface area contributed by atoms with Crippen molar-refractivity contribution in [1.82, 2.24) is 0 Å². The van der Waals surface area contributed by atoms with Crippen molar-refractivity contribution in [1.29, 1.82) is 0 Å². The molecule has 0 heterocycles. The van der Waals surface area contributed by atoms with Crippen LogP contribution in [0, 0.1) is 0 Å². The predicted molar refractivity (Wildman–Crippen MR) is 62.4 cm³/mol. The maximum absolute atomic E-state index is 11.1. The topological polar surface area (TPSA) is 17.1 Å². The van der Waals surface area contributed by atoms with Gasteiger partial charge in [0.15, 0.2) is 0 Å². The van der Waals surface area contributed by atoms with Gasteiger partial charge in [0.1, 0.15) is 5.78 Å². The summed E-state index contributed by atoms with van der Waals surface area (Å²) in [6.45, 7) is 4.27. The van der Waals surface area contributed by atoms with Gasteiger partial charge in [-0.1, -0.05) is 45.3 Å². The summed E-state index contributed by atoms with van der Waals surface area (Å²) in [5.74, 6) is 0.373. The third kappa shape index (κ3) is 9.50. The van der Waals surface area contributed by atoms with Crippen LogP contribution in [0.15, 0.2) is 12.2 Å². The average Bonchev–Trinajstić information content (AvgIpc) is 2.17. The minimum Gasteiger partial charge on any atom is -0.299 e. The Kier molecular flexibility index (Phi) is 10.0. The molecule has 0 aliphatic rings. The highest BCUT2D eigenvalue weighted by Crippen LogP contribution is 2.03. The van der Waals surface area contributed by atoms with Crippen LogP contribution in [0.5, 0.6) is 0 Å². The van der Waals surface area contributed by atoms with E-state index in [4.69, 9.17) is 0 Å². The van der Waals surface area contributed by atoms with E-state index in [0.29, 0.717) is 12.2 Å². The number of hydrogen-bond donors (Lipinski definition) is 0. The summed E-state index contributed by atoms with van der Waals surface area (Å²) in [6.07, 6.45) is 12.9.